The Morgan fingerprint density at radius 1 is 1.23 bits per heavy atom. The molecule has 3 heterocycles. The highest BCUT2D eigenvalue weighted by atomic mass is 35.5. The van der Waals surface area contributed by atoms with E-state index < -0.39 is 0 Å². The predicted octanol–water partition coefficient (Wildman–Crippen LogP) is 2.20. The van der Waals surface area contributed by atoms with E-state index in [-0.39, 0.29) is 5.91 Å². The minimum absolute atomic E-state index is 0.201. The molecule has 2 aromatic heterocycles. The van der Waals surface area contributed by atoms with Crippen LogP contribution in [0.15, 0.2) is 24.5 Å². The molecule has 0 unspecified atom stereocenters. The molecule has 0 saturated carbocycles. The number of piperazine rings is 1. The normalized spacial score (nSPS) is 15.8. The molecule has 22 heavy (non-hydrogen) atoms. The molecule has 6 nitrogen and oxygen atoms in total. The fourth-order valence-electron chi connectivity index (χ4n) is 2.18. The van der Waals surface area contributed by atoms with Gasteiger partial charge >= 0.3 is 0 Å². The van der Waals surface area contributed by atoms with E-state index in [0.29, 0.717) is 20.8 Å². The van der Waals surface area contributed by atoms with E-state index >= 15 is 0 Å². The molecule has 0 atom stereocenters. The van der Waals surface area contributed by atoms with Crippen LogP contribution in [-0.4, -0.2) is 54.0 Å². The van der Waals surface area contributed by atoms with E-state index in [1.54, 1.807) is 24.5 Å². The Kier molecular flexibility index (Phi) is 4.56. The predicted molar refractivity (Wildman–Crippen MR) is 89.0 cm³/mol. The van der Waals surface area contributed by atoms with E-state index in [1.807, 2.05) is 0 Å². The van der Waals surface area contributed by atoms with Gasteiger partial charge in [0.2, 0.25) is 5.95 Å². The third kappa shape index (κ3) is 3.55. The van der Waals surface area contributed by atoms with Crippen molar-refractivity contribution < 1.29 is 4.79 Å². The van der Waals surface area contributed by atoms with Crippen LogP contribution in [0.1, 0.15) is 9.67 Å². The number of likely N-dealkylation sites (N-methyl/N-ethyl adjacent to an activating group) is 1. The van der Waals surface area contributed by atoms with Crippen molar-refractivity contribution in [2.45, 2.75) is 0 Å². The minimum atomic E-state index is -0.201. The van der Waals surface area contributed by atoms with Crippen molar-refractivity contribution in [3.63, 3.8) is 0 Å². The van der Waals surface area contributed by atoms with Crippen molar-refractivity contribution in [1.29, 1.82) is 0 Å². The number of thiophene rings is 1. The molecule has 1 aliphatic rings. The van der Waals surface area contributed by atoms with E-state index in [4.69, 9.17) is 11.6 Å². The summed E-state index contributed by atoms with van der Waals surface area (Å²) in [6.45, 7) is 3.83. The Bertz CT molecular complexity index is 652. The number of hydrogen-bond donors (Lipinski definition) is 1. The number of aromatic nitrogens is 2. The second-order valence-electron chi connectivity index (χ2n) is 5.12. The first-order valence-electron chi connectivity index (χ1n) is 6.94. The van der Waals surface area contributed by atoms with E-state index in [1.165, 1.54) is 11.3 Å². The number of carbonyl (C=O) groups is 1. The van der Waals surface area contributed by atoms with Crippen molar-refractivity contribution in [1.82, 2.24) is 14.9 Å². The maximum atomic E-state index is 12.0. The van der Waals surface area contributed by atoms with Gasteiger partial charge in [0.15, 0.2) is 0 Å². The van der Waals surface area contributed by atoms with Crippen LogP contribution in [-0.2, 0) is 0 Å². The molecule has 0 aliphatic carbocycles. The zero-order valence-corrected chi connectivity index (χ0v) is 13.7. The Hall–Kier alpha value is -1.70. The van der Waals surface area contributed by atoms with Gasteiger partial charge in [-0.3, -0.25) is 4.79 Å². The summed E-state index contributed by atoms with van der Waals surface area (Å²) < 4.78 is 0.590. The SMILES string of the molecule is CN1CCN(c2ncc(NC(=O)c3ccc(Cl)s3)cn2)CC1. The number of nitrogens with one attached hydrogen (secondary N) is 1. The molecule has 0 spiro atoms. The lowest BCUT2D eigenvalue weighted by atomic mass is 10.3. The van der Waals surface area contributed by atoms with Gasteiger partial charge in [0.05, 0.1) is 27.3 Å². The molecule has 0 aromatic carbocycles. The average molecular weight is 338 g/mol. The van der Waals surface area contributed by atoms with Gasteiger partial charge in [0, 0.05) is 26.2 Å². The summed E-state index contributed by atoms with van der Waals surface area (Å²) in [5, 5.41) is 2.77. The maximum absolute atomic E-state index is 12.0. The van der Waals surface area contributed by atoms with Crippen molar-refractivity contribution in [3.8, 4) is 0 Å². The van der Waals surface area contributed by atoms with Crippen LogP contribution in [0.2, 0.25) is 4.34 Å². The van der Waals surface area contributed by atoms with Crippen LogP contribution >= 0.6 is 22.9 Å². The van der Waals surface area contributed by atoms with Crippen LogP contribution < -0.4 is 10.2 Å². The summed E-state index contributed by atoms with van der Waals surface area (Å²) in [7, 11) is 2.10. The third-order valence-corrected chi connectivity index (χ3v) is 4.71. The Balaban J connectivity index is 1.63. The fourth-order valence-corrected chi connectivity index (χ4v) is 3.12. The fraction of sp³-hybridized carbons (Fsp3) is 0.357. The van der Waals surface area contributed by atoms with Crippen LogP contribution in [0.5, 0.6) is 0 Å². The van der Waals surface area contributed by atoms with Gasteiger partial charge in [0.25, 0.3) is 5.91 Å². The highest BCUT2D eigenvalue weighted by Crippen LogP contribution is 2.22. The largest absolute Gasteiger partial charge is 0.338 e. The summed E-state index contributed by atoms with van der Waals surface area (Å²) in [5.41, 5.74) is 0.576. The van der Waals surface area contributed by atoms with Crippen molar-refractivity contribution in [3.05, 3.63) is 33.7 Å². The Labute approximate surface area is 137 Å². The molecular formula is C14H16ClN5OS. The van der Waals surface area contributed by atoms with Crippen LogP contribution in [0, 0.1) is 0 Å². The molecule has 3 rings (SSSR count). The van der Waals surface area contributed by atoms with Gasteiger partial charge in [0.1, 0.15) is 0 Å². The van der Waals surface area contributed by atoms with Gasteiger partial charge in [-0.15, -0.1) is 11.3 Å². The van der Waals surface area contributed by atoms with Gasteiger partial charge in [-0.2, -0.15) is 0 Å². The number of amides is 1. The van der Waals surface area contributed by atoms with E-state index in [0.717, 1.165) is 26.2 Å². The van der Waals surface area contributed by atoms with Crippen LogP contribution in [0.3, 0.4) is 0 Å². The number of hydrogen-bond acceptors (Lipinski definition) is 6. The van der Waals surface area contributed by atoms with Gasteiger partial charge in [-0.25, -0.2) is 9.97 Å². The molecule has 0 radical (unpaired) electrons. The van der Waals surface area contributed by atoms with Gasteiger partial charge in [-0.05, 0) is 19.2 Å². The van der Waals surface area contributed by atoms with Gasteiger partial charge < -0.3 is 15.1 Å². The lowest BCUT2D eigenvalue weighted by Gasteiger charge is -2.32. The molecule has 0 bridgehead atoms. The summed E-state index contributed by atoms with van der Waals surface area (Å²) in [4.78, 5) is 25.7. The third-order valence-electron chi connectivity index (χ3n) is 3.48. The molecule has 1 fully saturated rings. The molecule has 8 heteroatoms. The topological polar surface area (TPSA) is 61.4 Å². The van der Waals surface area contributed by atoms with Crippen LogP contribution in [0.4, 0.5) is 11.6 Å². The number of halogens is 1. The number of nitrogens with zero attached hydrogens (tertiary/aromatic N) is 4. The second-order valence-corrected chi connectivity index (χ2v) is 6.84. The summed E-state index contributed by atoms with van der Waals surface area (Å²) in [5.74, 6) is 0.498. The Morgan fingerprint density at radius 2 is 1.91 bits per heavy atom. The molecule has 1 amide bonds. The highest BCUT2D eigenvalue weighted by molar-refractivity contribution is 7.18. The average Bonchev–Trinajstić information content (AvgIpc) is 2.96. The molecule has 1 N–H and O–H groups in total. The van der Waals surface area contributed by atoms with Gasteiger partial charge in [-0.1, -0.05) is 11.6 Å². The molecular weight excluding hydrogens is 322 g/mol. The zero-order valence-electron chi connectivity index (χ0n) is 12.1. The minimum Gasteiger partial charge on any atom is -0.338 e. The monoisotopic (exact) mass is 337 g/mol. The first-order chi connectivity index (χ1) is 10.6. The summed E-state index contributed by atoms with van der Waals surface area (Å²) in [6.07, 6.45) is 3.27. The first kappa shape index (κ1) is 15.2. The Morgan fingerprint density at radius 3 is 2.50 bits per heavy atom. The lowest BCUT2D eigenvalue weighted by Crippen LogP contribution is -2.45. The number of anilines is 2. The highest BCUT2D eigenvalue weighted by Gasteiger charge is 2.16. The lowest BCUT2D eigenvalue weighted by molar-refractivity contribution is 0.103. The molecule has 1 aliphatic heterocycles. The second kappa shape index (κ2) is 6.60. The summed E-state index contributed by atoms with van der Waals surface area (Å²) >= 11 is 7.07. The number of rotatable bonds is 3. The molecule has 1 saturated heterocycles. The maximum Gasteiger partial charge on any atom is 0.265 e. The molecule has 2 aromatic rings. The smallest absolute Gasteiger partial charge is 0.265 e. The summed E-state index contributed by atoms with van der Waals surface area (Å²) in [6, 6.07) is 3.40. The van der Waals surface area contributed by atoms with Crippen molar-refractivity contribution in [2.75, 3.05) is 43.4 Å². The zero-order chi connectivity index (χ0) is 15.5. The van der Waals surface area contributed by atoms with Crippen molar-refractivity contribution in [2.24, 2.45) is 0 Å². The van der Waals surface area contributed by atoms with Crippen molar-refractivity contribution >= 4 is 40.5 Å². The standard InChI is InChI=1S/C14H16ClN5OS/c1-19-4-6-20(7-5-19)14-16-8-10(9-17-14)18-13(21)11-2-3-12(15)22-11/h2-3,8-9H,4-7H2,1H3,(H,18,21). The van der Waals surface area contributed by atoms with Crippen LogP contribution in [0.25, 0.3) is 0 Å². The van der Waals surface area contributed by atoms with E-state index in [2.05, 4.69) is 32.1 Å². The quantitative estimate of drug-likeness (QED) is 0.930. The molecule has 116 valence electrons. The number of carbonyl (C=O) groups excluding carboxylic acids is 1. The van der Waals surface area contributed by atoms with E-state index in [9.17, 15) is 4.79 Å². The first-order valence-corrected chi connectivity index (χ1v) is 8.13.